The minimum Gasteiger partial charge on any atom is -0.454 e. The maximum Gasteiger partial charge on any atom is 0.306 e. The molecule has 0 aromatic rings. The highest BCUT2D eigenvalue weighted by molar-refractivity contribution is 5.80. The molecule has 1 aliphatic rings. The Hall–Kier alpha value is -3.16. The van der Waals surface area contributed by atoms with E-state index in [1.807, 2.05) is 6.08 Å². The Morgan fingerprint density at radius 3 is 1.21 bits per heavy atom. The molecule has 1 heterocycles. The van der Waals surface area contributed by atoms with Gasteiger partial charge in [0.2, 0.25) is 5.91 Å². The molecule has 0 aromatic carbocycles. The lowest BCUT2D eigenvalue weighted by Gasteiger charge is -2.41. The van der Waals surface area contributed by atoms with Gasteiger partial charge in [-0.15, -0.1) is 0 Å². The van der Waals surface area contributed by atoms with Gasteiger partial charge in [-0.2, -0.15) is 0 Å². The Morgan fingerprint density at radius 1 is 0.448 bits per heavy atom. The fourth-order valence-corrected chi connectivity index (χ4v) is 11.0. The molecule has 1 rings (SSSR count). The smallest absolute Gasteiger partial charge is 0.306 e. The van der Waals surface area contributed by atoms with Crippen molar-refractivity contribution in [2.75, 3.05) is 13.2 Å². The molecule has 11 nitrogen and oxygen atoms in total. The number of carbonyl (C=O) groups is 2. The molecular formula is C76H135NO10. The third kappa shape index (κ3) is 50.2. The largest absolute Gasteiger partial charge is 0.454 e. The third-order valence-electron chi connectivity index (χ3n) is 16.8. The van der Waals surface area contributed by atoms with Crippen molar-refractivity contribution in [1.29, 1.82) is 0 Å². The number of hydrogen-bond donors (Lipinski definition) is 6. The zero-order valence-electron chi connectivity index (χ0n) is 56.1. The molecule has 6 N–H and O–H groups in total. The standard InChI is InChI=1S/C76H135NO10/c1-4-7-10-13-16-19-22-24-26-28-30-32-33-34-35-36-38-39-41-43-45-48-51-54-57-60-63-69(80)75(84)77-67(68(79)62-59-56-53-50-47-21-18-15-12-9-6-3)66-85-76-74(73(83)72(82)70(65-78)86-76)87-71(81)64-61-58-55-52-49-46-44-42-40-37-31-29-27-25-23-20-17-14-11-8-5-2/h16-17,19-20,24-27,30-32,37,59,62,67-70,72-74,76,78-80,82-83H,4-15,18,21-23,28-29,33-36,38-58,60-61,63-66H2,1-3H3,(H,77,84)/b19-16-,20-17-,26-24-,27-25-,32-30-,37-31-,62-59+. The summed E-state index contributed by atoms with van der Waals surface area (Å²) in [6, 6.07) is -1.03. The van der Waals surface area contributed by atoms with Gasteiger partial charge >= 0.3 is 5.97 Å². The molecule has 1 saturated heterocycles. The molecule has 1 aliphatic heterocycles. The second-order valence-corrected chi connectivity index (χ2v) is 25.0. The van der Waals surface area contributed by atoms with Crippen LogP contribution in [-0.4, -0.2) is 99.6 Å². The van der Waals surface area contributed by atoms with E-state index in [0.717, 1.165) is 96.3 Å². The monoisotopic (exact) mass is 1220 g/mol. The van der Waals surface area contributed by atoms with E-state index in [4.69, 9.17) is 14.2 Å². The van der Waals surface area contributed by atoms with Crippen LogP contribution in [0.4, 0.5) is 0 Å². The summed E-state index contributed by atoms with van der Waals surface area (Å²) in [5.74, 6) is -1.20. The summed E-state index contributed by atoms with van der Waals surface area (Å²) < 4.78 is 17.7. The number of esters is 1. The Labute approximate surface area is 533 Å². The number of unbranched alkanes of at least 4 members (excludes halogenated alkanes) is 36. The van der Waals surface area contributed by atoms with E-state index in [2.05, 4.69) is 99.0 Å². The number of hydrogen-bond acceptors (Lipinski definition) is 10. The molecule has 0 aromatic heterocycles. The lowest BCUT2D eigenvalue weighted by atomic mass is 9.99. The Bertz CT molecular complexity index is 1740. The van der Waals surface area contributed by atoms with E-state index >= 15 is 0 Å². The molecule has 8 atom stereocenters. The summed E-state index contributed by atoms with van der Waals surface area (Å²) in [4.78, 5) is 26.7. The lowest BCUT2D eigenvalue weighted by molar-refractivity contribution is -0.305. The van der Waals surface area contributed by atoms with Crippen LogP contribution >= 0.6 is 0 Å². The van der Waals surface area contributed by atoms with E-state index in [1.54, 1.807) is 6.08 Å². The first-order valence-electron chi connectivity index (χ1n) is 36.4. The first-order chi connectivity index (χ1) is 42.7. The lowest BCUT2D eigenvalue weighted by Crippen LogP contribution is -2.61. The number of aliphatic hydroxyl groups excluding tert-OH is 5. The molecule has 504 valence electrons. The highest BCUT2D eigenvalue weighted by Crippen LogP contribution is 2.26. The molecule has 1 amide bonds. The van der Waals surface area contributed by atoms with E-state index < -0.39 is 67.4 Å². The van der Waals surface area contributed by atoms with Crippen LogP contribution in [0, 0.1) is 0 Å². The molecular weight excluding hydrogens is 1090 g/mol. The maximum absolute atomic E-state index is 13.5. The van der Waals surface area contributed by atoms with Crippen LogP contribution in [0.1, 0.15) is 323 Å². The average molecular weight is 1220 g/mol. The summed E-state index contributed by atoms with van der Waals surface area (Å²) >= 11 is 0. The molecule has 8 unspecified atom stereocenters. The number of allylic oxidation sites excluding steroid dienone is 13. The number of nitrogens with one attached hydrogen (secondary N) is 1. The molecule has 11 heteroatoms. The third-order valence-corrected chi connectivity index (χ3v) is 16.8. The van der Waals surface area contributed by atoms with Gasteiger partial charge in [-0.25, -0.2) is 0 Å². The highest BCUT2D eigenvalue weighted by atomic mass is 16.7. The summed E-state index contributed by atoms with van der Waals surface area (Å²) in [6.45, 7) is 5.75. The van der Waals surface area contributed by atoms with E-state index in [1.165, 1.54) is 180 Å². The number of carbonyl (C=O) groups excluding carboxylic acids is 2. The fourth-order valence-electron chi connectivity index (χ4n) is 11.0. The van der Waals surface area contributed by atoms with Gasteiger partial charge in [0.1, 0.15) is 24.4 Å². The first kappa shape index (κ1) is 81.9. The predicted octanol–water partition coefficient (Wildman–Crippen LogP) is 18.8. The average Bonchev–Trinajstić information content (AvgIpc) is 1.30. The van der Waals surface area contributed by atoms with Gasteiger partial charge in [-0.3, -0.25) is 9.59 Å². The van der Waals surface area contributed by atoms with Crippen molar-refractivity contribution in [3.63, 3.8) is 0 Å². The number of rotatable bonds is 62. The second kappa shape index (κ2) is 63.0. The molecule has 0 radical (unpaired) electrons. The van der Waals surface area contributed by atoms with Crippen LogP contribution < -0.4 is 5.32 Å². The zero-order chi connectivity index (χ0) is 63.1. The fraction of sp³-hybridized carbons (Fsp3) is 0.789. The molecule has 0 saturated carbocycles. The van der Waals surface area contributed by atoms with Crippen LogP contribution in [0.5, 0.6) is 0 Å². The van der Waals surface area contributed by atoms with Gasteiger partial charge in [0.15, 0.2) is 12.4 Å². The van der Waals surface area contributed by atoms with E-state index in [-0.39, 0.29) is 19.4 Å². The van der Waals surface area contributed by atoms with Gasteiger partial charge in [0.05, 0.1) is 25.4 Å². The SMILES string of the molecule is CCCCC/C=C\C/C=C\C/C=C\CCCCCCCCCCCCCCCC(O)C(=O)NC(COC1OC(CO)C(O)C(O)C1OC(=O)CCCCCCCCCC/C=C\C/C=C\C/C=C\CCCCC)C(O)/C=C/CCCCCCCCCCC. The Kier molecular flexibility index (Phi) is 59.3. The topological polar surface area (TPSA) is 175 Å². The van der Waals surface area contributed by atoms with Crippen molar-refractivity contribution < 1.29 is 49.3 Å². The summed E-state index contributed by atoms with van der Waals surface area (Å²) in [5, 5.41) is 57.2. The Balaban J connectivity index is 2.54. The van der Waals surface area contributed by atoms with Crippen molar-refractivity contribution in [3.05, 3.63) is 85.1 Å². The summed E-state index contributed by atoms with van der Waals surface area (Å²) in [7, 11) is 0. The zero-order valence-corrected chi connectivity index (χ0v) is 56.1. The minimum atomic E-state index is -1.62. The molecule has 1 fully saturated rings. The number of aliphatic hydroxyl groups is 5. The van der Waals surface area contributed by atoms with Crippen molar-refractivity contribution in [3.8, 4) is 0 Å². The van der Waals surface area contributed by atoms with Crippen LogP contribution in [0.15, 0.2) is 85.1 Å². The summed E-state index contributed by atoms with van der Waals surface area (Å²) in [5.41, 5.74) is 0. The van der Waals surface area contributed by atoms with Crippen molar-refractivity contribution in [1.82, 2.24) is 5.32 Å². The van der Waals surface area contributed by atoms with Gasteiger partial charge in [-0.1, -0.05) is 298 Å². The van der Waals surface area contributed by atoms with Crippen molar-refractivity contribution in [2.24, 2.45) is 0 Å². The molecule has 0 bridgehead atoms. The van der Waals surface area contributed by atoms with Gasteiger partial charge < -0.3 is 45.1 Å². The van der Waals surface area contributed by atoms with Gasteiger partial charge in [-0.05, 0) is 103 Å². The second-order valence-electron chi connectivity index (χ2n) is 25.0. The van der Waals surface area contributed by atoms with Gasteiger partial charge in [0.25, 0.3) is 0 Å². The highest BCUT2D eigenvalue weighted by Gasteiger charge is 2.47. The number of amides is 1. The first-order valence-corrected chi connectivity index (χ1v) is 36.4. The normalized spacial score (nSPS) is 18.7. The van der Waals surface area contributed by atoms with Gasteiger partial charge in [0, 0.05) is 6.42 Å². The van der Waals surface area contributed by atoms with Crippen LogP contribution in [0.25, 0.3) is 0 Å². The molecule has 87 heavy (non-hydrogen) atoms. The molecule has 0 spiro atoms. The van der Waals surface area contributed by atoms with Crippen molar-refractivity contribution in [2.45, 2.75) is 372 Å². The quantitative estimate of drug-likeness (QED) is 0.0195. The Morgan fingerprint density at radius 2 is 0.793 bits per heavy atom. The summed E-state index contributed by atoms with van der Waals surface area (Å²) in [6.07, 6.45) is 73.4. The predicted molar refractivity (Wildman–Crippen MR) is 366 cm³/mol. The minimum absolute atomic E-state index is 0.113. The van der Waals surface area contributed by atoms with Crippen LogP contribution in [0.3, 0.4) is 0 Å². The molecule has 0 aliphatic carbocycles. The maximum atomic E-state index is 13.5. The van der Waals surface area contributed by atoms with E-state index in [0.29, 0.717) is 12.8 Å². The van der Waals surface area contributed by atoms with Crippen LogP contribution in [0.2, 0.25) is 0 Å². The van der Waals surface area contributed by atoms with E-state index in [9.17, 15) is 35.1 Å². The number of ether oxygens (including phenoxy) is 3. The van der Waals surface area contributed by atoms with Crippen molar-refractivity contribution >= 4 is 11.9 Å². The van der Waals surface area contributed by atoms with Crippen LogP contribution in [-0.2, 0) is 23.8 Å².